The number of hydrogen-bond donors (Lipinski definition) is 1. The smallest absolute Gasteiger partial charge is 0.286 e. The van der Waals surface area contributed by atoms with E-state index in [-0.39, 0.29) is 6.42 Å². The monoisotopic (exact) mass is 355 g/mol. The van der Waals surface area contributed by atoms with E-state index in [0.717, 1.165) is 15.5 Å². The fourth-order valence-electron chi connectivity index (χ4n) is 2.62. The molecule has 0 aliphatic carbocycles. The molecule has 1 N–H and O–H groups in total. The summed E-state index contributed by atoms with van der Waals surface area (Å²) in [6.07, 6.45) is 0.239. The van der Waals surface area contributed by atoms with Gasteiger partial charge >= 0.3 is 0 Å². The zero-order valence-corrected chi connectivity index (χ0v) is 14.1. The van der Waals surface area contributed by atoms with Gasteiger partial charge in [0.15, 0.2) is 5.37 Å². The highest BCUT2D eigenvalue weighted by atomic mass is 35.5. The second kappa shape index (κ2) is 5.77. The lowest BCUT2D eigenvalue weighted by Gasteiger charge is -2.37. The van der Waals surface area contributed by atoms with Crippen LogP contribution in [-0.2, 0) is 10.1 Å². The molecule has 0 radical (unpaired) electrons. The maximum Gasteiger partial charge on any atom is 0.286 e. The number of para-hydroxylation sites is 2. The normalized spacial score (nSPS) is 15.1. The lowest BCUT2D eigenvalue weighted by Crippen LogP contribution is -2.38. The van der Waals surface area contributed by atoms with Crippen LogP contribution in [-0.4, -0.2) is 18.3 Å². The summed E-state index contributed by atoms with van der Waals surface area (Å²) in [6.45, 7) is 1.72. The summed E-state index contributed by atoms with van der Waals surface area (Å²) in [5, 5.41) is -0.616. The van der Waals surface area contributed by atoms with E-state index in [4.69, 9.17) is 11.6 Å². The number of nitrogens with zero attached hydrogens (tertiary/aromatic N) is 1. The molecule has 7 heteroatoms. The van der Waals surface area contributed by atoms with Gasteiger partial charge in [-0.05, 0) is 30.7 Å². The van der Waals surface area contributed by atoms with Gasteiger partial charge in [-0.3, -0.25) is 4.55 Å². The third-order valence-electron chi connectivity index (χ3n) is 3.52. The van der Waals surface area contributed by atoms with Crippen LogP contribution in [0.2, 0.25) is 5.02 Å². The van der Waals surface area contributed by atoms with Gasteiger partial charge in [0.1, 0.15) is 0 Å². The van der Waals surface area contributed by atoms with Crippen molar-refractivity contribution < 1.29 is 13.0 Å². The third-order valence-corrected chi connectivity index (χ3v) is 6.17. The first-order valence-electron chi connectivity index (χ1n) is 6.74. The zero-order chi connectivity index (χ0) is 15.9. The predicted octanol–water partition coefficient (Wildman–Crippen LogP) is 4.57. The quantitative estimate of drug-likeness (QED) is 0.817. The minimum absolute atomic E-state index is 0.239. The fourth-order valence-corrected chi connectivity index (χ4v) is 4.95. The van der Waals surface area contributed by atoms with E-state index in [0.29, 0.717) is 10.7 Å². The van der Waals surface area contributed by atoms with Gasteiger partial charge in [-0.15, -0.1) is 0 Å². The zero-order valence-electron chi connectivity index (χ0n) is 11.7. The van der Waals surface area contributed by atoms with Gasteiger partial charge in [-0.1, -0.05) is 48.5 Å². The average Bonchev–Trinajstić information content (AvgIpc) is 2.46. The van der Waals surface area contributed by atoms with Crippen LogP contribution in [0.15, 0.2) is 52.3 Å². The predicted molar refractivity (Wildman–Crippen MR) is 89.8 cm³/mol. The molecule has 0 amide bonds. The molecule has 1 atom stereocenters. The summed E-state index contributed by atoms with van der Waals surface area (Å²) in [5.74, 6) is 0. The van der Waals surface area contributed by atoms with E-state index in [9.17, 15) is 13.0 Å². The molecule has 0 saturated heterocycles. The van der Waals surface area contributed by atoms with Crippen LogP contribution in [0.4, 0.5) is 11.4 Å². The van der Waals surface area contributed by atoms with E-state index in [1.807, 2.05) is 36.4 Å². The van der Waals surface area contributed by atoms with E-state index in [2.05, 4.69) is 0 Å². The molecule has 4 nitrogen and oxygen atoms in total. The van der Waals surface area contributed by atoms with Gasteiger partial charge in [0, 0.05) is 9.79 Å². The van der Waals surface area contributed by atoms with E-state index < -0.39 is 15.5 Å². The van der Waals surface area contributed by atoms with Crippen LogP contribution in [0.1, 0.15) is 13.3 Å². The minimum Gasteiger partial charge on any atom is -0.318 e. The number of anilines is 2. The van der Waals surface area contributed by atoms with Crippen LogP contribution >= 0.6 is 23.4 Å². The Bertz CT molecular complexity index is 823. The van der Waals surface area contributed by atoms with E-state index in [1.54, 1.807) is 17.9 Å². The number of benzene rings is 2. The highest BCUT2D eigenvalue weighted by Gasteiger charge is 2.36. The second-order valence-electron chi connectivity index (χ2n) is 4.90. The Balaban J connectivity index is 2.29. The van der Waals surface area contributed by atoms with Gasteiger partial charge in [0.25, 0.3) is 10.1 Å². The van der Waals surface area contributed by atoms with Gasteiger partial charge < -0.3 is 4.90 Å². The first kappa shape index (κ1) is 15.7. The standard InChI is InChI=1S/C15H14ClNO3S2/c1-2-14(22(18,19)20)17-11-7-3-4-8-12(11)21-13-9-5-6-10(16)15(13)17/h3-9,14H,2H2,1H3,(H,18,19,20). The van der Waals surface area contributed by atoms with Crippen molar-refractivity contribution in [2.45, 2.75) is 28.5 Å². The summed E-state index contributed by atoms with van der Waals surface area (Å²) >= 11 is 7.86. The van der Waals surface area contributed by atoms with Crippen molar-refractivity contribution in [3.05, 3.63) is 47.5 Å². The van der Waals surface area contributed by atoms with Gasteiger partial charge in [0.2, 0.25) is 0 Å². The first-order valence-corrected chi connectivity index (χ1v) is 9.44. The highest BCUT2D eigenvalue weighted by molar-refractivity contribution is 7.99. The Kier molecular flexibility index (Phi) is 4.11. The Labute approximate surface area is 138 Å². The molecule has 1 aliphatic heterocycles. The molecule has 3 rings (SSSR count). The average molecular weight is 356 g/mol. The molecule has 0 bridgehead atoms. The molecule has 0 fully saturated rings. The topological polar surface area (TPSA) is 57.6 Å². The van der Waals surface area contributed by atoms with Crippen molar-refractivity contribution in [3.8, 4) is 0 Å². The van der Waals surface area contributed by atoms with Crippen molar-refractivity contribution in [1.29, 1.82) is 0 Å². The molecule has 22 heavy (non-hydrogen) atoms. The third kappa shape index (κ3) is 2.60. The Morgan fingerprint density at radius 1 is 1.18 bits per heavy atom. The van der Waals surface area contributed by atoms with Gasteiger partial charge in [0.05, 0.1) is 16.4 Å². The Hall–Kier alpha value is -1.21. The van der Waals surface area contributed by atoms with Crippen molar-refractivity contribution in [2.24, 2.45) is 0 Å². The van der Waals surface area contributed by atoms with Crippen molar-refractivity contribution >= 4 is 44.9 Å². The summed E-state index contributed by atoms with van der Waals surface area (Å²) < 4.78 is 33.4. The van der Waals surface area contributed by atoms with E-state index >= 15 is 0 Å². The molecule has 0 aromatic heterocycles. The van der Waals surface area contributed by atoms with Crippen LogP contribution in [0, 0.1) is 0 Å². The largest absolute Gasteiger partial charge is 0.318 e. The number of rotatable bonds is 3. The Morgan fingerprint density at radius 2 is 1.86 bits per heavy atom. The molecule has 116 valence electrons. The van der Waals surface area contributed by atoms with Crippen molar-refractivity contribution in [1.82, 2.24) is 0 Å². The highest BCUT2D eigenvalue weighted by Crippen LogP contribution is 2.52. The molecule has 1 heterocycles. The second-order valence-corrected chi connectivity index (χ2v) is 7.97. The number of hydrogen-bond acceptors (Lipinski definition) is 4. The maximum atomic E-state index is 11.9. The molecule has 0 spiro atoms. The van der Waals surface area contributed by atoms with Crippen LogP contribution in [0.3, 0.4) is 0 Å². The summed E-state index contributed by atoms with van der Waals surface area (Å²) in [4.78, 5) is 3.42. The molecular weight excluding hydrogens is 342 g/mol. The lowest BCUT2D eigenvalue weighted by molar-refractivity contribution is 0.464. The number of halogens is 1. The van der Waals surface area contributed by atoms with Crippen molar-refractivity contribution in [3.63, 3.8) is 0 Å². The summed E-state index contributed by atoms with van der Waals surface area (Å²) in [7, 11) is -4.26. The molecule has 1 unspecified atom stereocenters. The molecular formula is C15H14ClNO3S2. The van der Waals surface area contributed by atoms with Gasteiger partial charge in [-0.2, -0.15) is 8.42 Å². The van der Waals surface area contributed by atoms with Crippen LogP contribution in [0.25, 0.3) is 0 Å². The summed E-state index contributed by atoms with van der Waals surface area (Å²) in [6, 6.07) is 12.9. The first-order chi connectivity index (χ1) is 10.4. The summed E-state index contributed by atoms with van der Waals surface area (Å²) in [5.41, 5.74) is 1.36. The molecule has 2 aromatic carbocycles. The molecule has 1 aliphatic rings. The lowest BCUT2D eigenvalue weighted by atomic mass is 10.2. The SMILES string of the molecule is CCC(N1c2ccccc2Sc2cccc(Cl)c21)S(=O)(=O)O. The maximum absolute atomic E-state index is 11.9. The molecule has 2 aromatic rings. The van der Waals surface area contributed by atoms with Crippen molar-refractivity contribution in [2.75, 3.05) is 4.90 Å². The Morgan fingerprint density at radius 3 is 2.55 bits per heavy atom. The fraction of sp³-hybridized carbons (Fsp3) is 0.200. The van der Waals surface area contributed by atoms with E-state index in [1.165, 1.54) is 11.8 Å². The van der Waals surface area contributed by atoms with Gasteiger partial charge in [-0.25, -0.2) is 0 Å². The van der Waals surface area contributed by atoms with Crippen LogP contribution in [0.5, 0.6) is 0 Å². The minimum atomic E-state index is -4.26. The number of fused-ring (bicyclic) bond motifs is 2. The molecule has 0 saturated carbocycles. The van der Waals surface area contributed by atoms with Crippen LogP contribution < -0.4 is 4.90 Å².